The average Bonchev–Trinajstić information content (AvgIpc) is 2.56. The number of benzene rings is 2. The Kier molecular flexibility index (Phi) is 6.37. The van der Waals surface area contributed by atoms with Crippen molar-refractivity contribution in [2.45, 2.75) is 33.1 Å². The predicted octanol–water partition coefficient (Wildman–Crippen LogP) is 4.53. The first-order valence-corrected chi connectivity index (χ1v) is 7.94. The molecule has 2 aromatic carbocycles. The Morgan fingerprint density at radius 1 is 1.04 bits per heavy atom. The van der Waals surface area contributed by atoms with Gasteiger partial charge in [0.2, 0.25) is 5.91 Å². The number of carbonyl (C=O) groups is 2. The van der Waals surface area contributed by atoms with Gasteiger partial charge in [-0.15, -0.1) is 0 Å². The minimum atomic E-state index is -0.354. The topological polar surface area (TPSA) is 64.6 Å². The molecule has 5 nitrogen and oxygen atoms in total. The van der Waals surface area contributed by atoms with E-state index in [1.807, 2.05) is 25.1 Å². The van der Waals surface area contributed by atoms with Crippen LogP contribution in [0.5, 0.6) is 17.2 Å². The van der Waals surface area contributed by atoms with Crippen molar-refractivity contribution in [1.82, 2.24) is 0 Å². The van der Waals surface area contributed by atoms with Crippen molar-refractivity contribution in [3.05, 3.63) is 48.5 Å². The number of carbonyl (C=O) groups excluding carboxylic acids is 2. The number of esters is 1. The molecule has 2 aromatic rings. The summed E-state index contributed by atoms with van der Waals surface area (Å²) >= 11 is 0. The van der Waals surface area contributed by atoms with Crippen molar-refractivity contribution < 1.29 is 19.1 Å². The van der Waals surface area contributed by atoms with Crippen LogP contribution < -0.4 is 14.8 Å². The van der Waals surface area contributed by atoms with Gasteiger partial charge >= 0.3 is 5.97 Å². The fourth-order valence-electron chi connectivity index (χ4n) is 2.09. The number of nitrogens with one attached hydrogen (secondary N) is 1. The van der Waals surface area contributed by atoms with Crippen LogP contribution in [0.25, 0.3) is 0 Å². The highest BCUT2D eigenvalue weighted by Gasteiger charge is 2.16. The molecule has 0 spiro atoms. The summed E-state index contributed by atoms with van der Waals surface area (Å²) in [4.78, 5) is 23.4. The van der Waals surface area contributed by atoms with Gasteiger partial charge in [0, 0.05) is 13.3 Å². The normalized spacial score (nSPS) is 10.1. The maximum absolute atomic E-state index is 12.0. The second-order valence-electron chi connectivity index (χ2n) is 5.31. The van der Waals surface area contributed by atoms with Crippen molar-refractivity contribution in [2.75, 3.05) is 5.32 Å². The van der Waals surface area contributed by atoms with E-state index in [1.54, 1.807) is 30.3 Å². The molecule has 0 bridgehead atoms. The third-order valence-electron chi connectivity index (χ3n) is 3.21. The van der Waals surface area contributed by atoms with Crippen molar-refractivity contribution in [3.8, 4) is 17.2 Å². The van der Waals surface area contributed by atoms with E-state index in [1.165, 1.54) is 6.92 Å². The van der Waals surface area contributed by atoms with E-state index in [0.29, 0.717) is 23.6 Å². The molecule has 0 fully saturated rings. The predicted molar refractivity (Wildman–Crippen MR) is 92.4 cm³/mol. The van der Waals surface area contributed by atoms with E-state index in [9.17, 15) is 9.59 Å². The summed E-state index contributed by atoms with van der Waals surface area (Å²) in [5.74, 6) is 0.601. The summed E-state index contributed by atoms with van der Waals surface area (Å²) in [7, 11) is 0. The minimum Gasteiger partial charge on any atom is -0.453 e. The molecule has 0 unspecified atom stereocenters. The largest absolute Gasteiger partial charge is 0.453 e. The Labute approximate surface area is 141 Å². The molecule has 126 valence electrons. The molecule has 0 aromatic heterocycles. The first-order valence-electron chi connectivity index (χ1n) is 7.94. The fourth-order valence-corrected chi connectivity index (χ4v) is 2.09. The quantitative estimate of drug-likeness (QED) is 0.599. The van der Waals surface area contributed by atoms with Crippen molar-refractivity contribution in [3.63, 3.8) is 0 Å². The molecule has 0 aliphatic carbocycles. The lowest BCUT2D eigenvalue weighted by molar-refractivity contribution is -0.134. The first-order chi connectivity index (χ1) is 11.6. The number of anilines is 1. The zero-order chi connectivity index (χ0) is 17.4. The maximum atomic E-state index is 12.0. The monoisotopic (exact) mass is 327 g/mol. The SMILES string of the molecule is CCCCC(=O)Oc1c(NC(C)=O)cccc1Oc1ccccc1. The number of unbranched alkanes of at least 4 members (excludes halogenated alkanes) is 1. The molecule has 24 heavy (non-hydrogen) atoms. The summed E-state index contributed by atoms with van der Waals surface area (Å²) in [6.45, 7) is 3.40. The van der Waals surface area contributed by atoms with Crippen LogP contribution in [-0.4, -0.2) is 11.9 Å². The van der Waals surface area contributed by atoms with Gasteiger partial charge in [-0.25, -0.2) is 0 Å². The van der Waals surface area contributed by atoms with Gasteiger partial charge in [-0.2, -0.15) is 0 Å². The van der Waals surface area contributed by atoms with E-state index < -0.39 is 0 Å². The first kappa shape index (κ1) is 17.5. The van der Waals surface area contributed by atoms with Crippen LogP contribution in [-0.2, 0) is 9.59 Å². The highest BCUT2D eigenvalue weighted by molar-refractivity contribution is 5.92. The lowest BCUT2D eigenvalue weighted by Crippen LogP contribution is -2.12. The smallest absolute Gasteiger partial charge is 0.311 e. The lowest BCUT2D eigenvalue weighted by Gasteiger charge is -2.15. The second-order valence-corrected chi connectivity index (χ2v) is 5.31. The number of para-hydroxylation sites is 2. The number of hydrogen-bond acceptors (Lipinski definition) is 4. The molecule has 5 heteroatoms. The van der Waals surface area contributed by atoms with E-state index in [0.717, 1.165) is 12.8 Å². The van der Waals surface area contributed by atoms with Crippen LogP contribution in [0, 0.1) is 0 Å². The van der Waals surface area contributed by atoms with E-state index in [4.69, 9.17) is 9.47 Å². The third kappa shape index (κ3) is 5.12. The fraction of sp³-hybridized carbons (Fsp3) is 0.263. The highest BCUT2D eigenvalue weighted by atomic mass is 16.6. The number of ether oxygens (including phenoxy) is 2. The van der Waals surface area contributed by atoms with Crippen molar-refractivity contribution in [1.29, 1.82) is 0 Å². The standard InChI is InChI=1S/C19H21NO4/c1-3-4-13-18(22)24-19-16(20-14(2)21)11-8-12-17(19)23-15-9-6-5-7-10-15/h5-12H,3-4,13H2,1-2H3,(H,20,21). The summed E-state index contributed by atoms with van der Waals surface area (Å²) in [5, 5.41) is 2.66. The molecular formula is C19H21NO4. The average molecular weight is 327 g/mol. The van der Waals surface area contributed by atoms with Gasteiger partial charge in [-0.1, -0.05) is 37.6 Å². The number of rotatable bonds is 7. The van der Waals surface area contributed by atoms with Crippen molar-refractivity contribution in [2.24, 2.45) is 0 Å². The van der Waals surface area contributed by atoms with Crippen LogP contribution in [0.1, 0.15) is 33.1 Å². The Hall–Kier alpha value is -2.82. The molecule has 1 amide bonds. The summed E-state index contributed by atoms with van der Waals surface area (Å²) in [5.41, 5.74) is 0.403. The second kappa shape index (κ2) is 8.72. The van der Waals surface area contributed by atoms with E-state index >= 15 is 0 Å². The molecule has 1 N–H and O–H groups in total. The van der Waals surface area contributed by atoms with Gasteiger partial charge < -0.3 is 14.8 Å². The Morgan fingerprint density at radius 3 is 2.46 bits per heavy atom. The summed E-state index contributed by atoms with van der Waals surface area (Å²) in [6, 6.07) is 14.3. The van der Waals surface area contributed by atoms with Gasteiger partial charge in [0.1, 0.15) is 5.75 Å². The Balaban J connectivity index is 2.30. The van der Waals surface area contributed by atoms with Crippen LogP contribution in [0.4, 0.5) is 5.69 Å². The molecule has 0 radical (unpaired) electrons. The number of amides is 1. The zero-order valence-corrected chi connectivity index (χ0v) is 13.9. The van der Waals surface area contributed by atoms with Crippen LogP contribution in [0.15, 0.2) is 48.5 Å². The summed E-state index contributed by atoms with van der Waals surface area (Å²) in [6.07, 6.45) is 1.96. The zero-order valence-electron chi connectivity index (χ0n) is 13.9. The molecule has 0 atom stereocenters. The molecule has 2 rings (SSSR count). The molecule has 0 saturated heterocycles. The minimum absolute atomic E-state index is 0.220. The van der Waals surface area contributed by atoms with Gasteiger partial charge in [-0.3, -0.25) is 9.59 Å². The van der Waals surface area contributed by atoms with Gasteiger partial charge in [0.05, 0.1) is 5.69 Å². The number of hydrogen-bond donors (Lipinski definition) is 1. The maximum Gasteiger partial charge on any atom is 0.311 e. The van der Waals surface area contributed by atoms with Crippen LogP contribution >= 0.6 is 0 Å². The molecule has 0 aliphatic heterocycles. The van der Waals surface area contributed by atoms with E-state index in [2.05, 4.69) is 5.32 Å². The molecular weight excluding hydrogens is 306 g/mol. The van der Waals surface area contributed by atoms with Crippen molar-refractivity contribution >= 4 is 17.6 Å². The molecule has 0 aliphatic rings. The van der Waals surface area contributed by atoms with Gasteiger partial charge in [-0.05, 0) is 30.7 Å². The van der Waals surface area contributed by atoms with Gasteiger partial charge in [0.15, 0.2) is 11.5 Å². The Bertz CT molecular complexity index is 698. The highest BCUT2D eigenvalue weighted by Crippen LogP contribution is 2.38. The molecule has 0 saturated carbocycles. The van der Waals surface area contributed by atoms with E-state index in [-0.39, 0.29) is 17.6 Å². The third-order valence-corrected chi connectivity index (χ3v) is 3.21. The lowest BCUT2D eigenvalue weighted by atomic mass is 10.2. The van der Waals surface area contributed by atoms with Gasteiger partial charge in [0.25, 0.3) is 0 Å². The van der Waals surface area contributed by atoms with Crippen LogP contribution in [0.2, 0.25) is 0 Å². The Morgan fingerprint density at radius 2 is 1.79 bits per heavy atom. The summed E-state index contributed by atoms with van der Waals surface area (Å²) < 4.78 is 11.3. The van der Waals surface area contributed by atoms with Crippen LogP contribution in [0.3, 0.4) is 0 Å². The molecule has 0 heterocycles.